The van der Waals surface area contributed by atoms with E-state index in [2.05, 4.69) is 4.98 Å². The SMILES string of the molecule is CN(CCCN)c1nc2cc([N+](=O)[O-])ccc2o1. The molecule has 0 spiro atoms. The van der Waals surface area contributed by atoms with Crippen molar-refractivity contribution in [2.24, 2.45) is 5.73 Å². The molecule has 2 N–H and O–H groups in total. The van der Waals surface area contributed by atoms with Gasteiger partial charge >= 0.3 is 0 Å². The Morgan fingerprint density at radius 3 is 3.00 bits per heavy atom. The summed E-state index contributed by atoms with van der Waals surface area (Å²) in [5.41, 5.74) is 6.46. The molecule has 0 bridgehead atoms. The number of nitro benzene ring substituents is 1. The van der Waals surface area contributed by atoms with Crippen LogP contribution in [0.4, 0.5) is 11.7 Å². The summed E-state index contributed by atoms with van der Waals surface area (Å²) in [5, 5.41) is 10.6. The third-order valence-corrected chi connectivity index (χ3v) is 2.59. The first-order valence-electron chi connectivity index (χ1n) is 5.58. The Bertz CT molecular complexity index is 566. The maximum Gasteiger partial charge on any atom is 0.298 e. The van der Waals surface area contributed by atoms with Gasteiger partial charge in [-0.3, -0.25) is 10.1 Å². The topological polar surface area (TPSA) is 98.4 Å². The molecule has 2 rings (SSSR count). The summed E-state index contributed by atoms with van der Waals surface area (Å²) >= 11 is 0. The number of non-ortho nitro benzene ring substituents is 1. The van der Waals surface area contributed by atoms with Crippen LogP contribution in [0, 0.1) is 10.1 Å². The summed E-state index contributed by atoms with van der Waals surface area (Å²) in [5.74, 6) is 0. The maximum absolute atomic E-state index is 10.6. The molecule has 0 saturated carbocycles. The molecular weight excluding hydrogens is 236 g/mol. The van der Waals surface area contributed by atoms with Crippen LogP contribution in [0.3, 0.4) is 0 Å². The average Bonchev–Trinajstić information content (AvgIpc) is 2.78. The lowest BCUT2D eigenvalue weighted by Gasteiger charge is -2.12. The molecule has 0 aliphatic rings. The van der Waals surface area contributed by atoms with Gasteiger partial charge in [0.25, 0.3) is 11.7 Å². The van der Waals surface area contributed by atoms with E-state index in [0.29, 0.717) is 23.7 Å². The Kier molecular flexibility index (Phi) is 3.42. The number of rotatable bonds is 5. The number of oxazole rings is 1. The number of hydrogen-bond acceptors (Lipinski definition) is 6. The molecule has 0 fully saturated rings. The monoisotopic (exact) mass is 250 g/mol. The van der Waals surface area contributed by atoms with Gasteiger partial charge in [0.15, 0.2) is 5.58 Å². The smallest absolute Gasteiger partial charge is 0.298 e. The van der Waals surface area contributed by atoms with Crippen molar-refractivity contribution in [1.29, 1.82) is 0 Å². The van der Waals surface area contributed by atoms with E-state index in [1.54, 1.807) is 6.07 Å². The number of nitro groups is 1. The Hall–Kier alpha value is -2.15. The lowest BCUT2D eigenvalue weighted by molar-refractivity contribution is -0.384. The van der Waals surface area contributed by atoms with Gasteiger partial charge in [-0.2, -0.15) is 4.98 Å². The highest BCUT2D eigenvalue weighted by molar-refractivity contribution is 5.77. The number of nitrogens with zero attached hydrogens (tertiary/aromatic N) is 3. The molecule has 1 aromatic heterocycles. The molecule has 0 radical (unpaired) electrons. The Balaban J connectivity index is 2.29. The molecular formula is C11H14N4O3. The predicted molar refractivity (Wildman–Crippen MR) is 67.6 cm³/mol. The minimum Gasteiger partial charge on any atom is -0.423 e. The van der Waals surface area contributed by atoms with Gasteiger partial charge in [0.05, 0.1) is 4.92 Å². The Labute approximate surface area is 103 Å². The lowest BCUT2D eigenvalue weighted by atomic mass is 10.3. The molecule has 0 aliphatic carbocycles. The molecule has 7 heteroatoms. The van der Waals surface area contributed by atoms with Crippen LogP contribution in [0.2, 0.25) is 0 Å². The second kappa shape index (κ2) is 5.01. The van der Waals surface area contributed by atoms with E-state index in [0.717, 1.165) is 13.0 Å². The van der Waals surface area contributed by atoms with Gasteiger partial charge in [-0.05, 0) is 19.0 Å². The minimum atomic E-state index is -0.452. The fourth-order valence-corrected chi connectivity index (χ4v) is 1.60. The molecule has 0 aliphatic heterocycles. The fourth-order valence-electron chi connectivity index (χ4n) is 1.60. The molecule has 0 amide bonds. The first-order chi connectivity index (χ1) is 8.61. The number of hydrogen-bond donors (Lipinski definition) is 1. The number of fused-ring (bicyclic) bond motifs is 1. The van der Waals surface area contributed by atoms with Crippen LogP contribution in [0.5, 0.6) is 0 Å². The van der Waals surface area contributed by atoms with Crippen molar-refractivity contribution in [1.82, 2.24) is 4.98 Å². The van der Waals surface area contributed by atoms with E-state index in [-0.39, 0.29) is 5.69 Å². The fraction of sp³-hybridized carbons (Fsp3) is 0.364. The quantitative estimate of drug-likeness (QED) is 0.638. The molecule has 0 unspecified atom stereocenters. The molecule has 1 heterocycles. The standard InChI is InChI=1S/C11H14N4O3/c1-14(6-2-5-12)11-13-9-7-8(15(16)17)3-4-10(9)18-11/h3-4,7H,2,5-6,12H2,1H3. The van der Waals surface area contributed by atoms with Crippen molar-refractivity contribution in [3.8, 4) is 0 Å². The van der Waals surface area contributed by atoms with Crippen molar-refractivity contribution in [2.75, 3.05) is 25.0 Å². The summed E-state index contributed by atoms with van der Waals surface area (Å²) in [6.07, 6.45) is 0.829. The van der Waals surface area contributed by atoms with Crippen molar-refractivity contribution in [3.05, 3.63) is 28.3 Å². The normalized spacial score (nSPS) is 10.8. The van der Waals surface area contributed by atoms with Gasteiger partial charge in [0, 0.05) is 25.7 Å². The van der Waals surface area contributed by atoms with Gasteiger partial charge in [-0.1, -0.05) is 0 Å². The summed E-state index contributed by atoms with van der Waals surface area (Å²) in [4.78, 5) is 16.3. The van der Waals surface area contributed by atoms with Gasteiger partial charge in [0.2, 0.25) is 0 Å². The molecule has 2 aromatic rings. The Morgan fingerprint density at radius 2 is 2.33 bits per heavy atom. The third-order valence-electron chi connectivity index (χ3n) is 2.59. The summed E-state index contributed by atoms with van der Waals surface area (Å²) in [6, 6.07) is 4.80. The zero-order valence-corrected chi connectivity index (χ0v) is 10.00. The number of anilines is 1. The van der Waals surface area contributed by atoms with E-state index in [4.69, 9.17) is 10.2 Å². The number of aromatic nitrogens is 1. The largest absolute Gasteiger partial charge is 0.423 e. The highest BCUT2D eigenvalue weighted by Gasteiger charge is 2.13. The molecule has 0 saturated heterocycles. The molecule has 0 atom stereocenters. The maximum atomic E-state index is 10.6. The average molecular weight is 250 g/mol. The van der Waals surface area contributed by atoms with Crippen molar-refractivity contribution < 1.29 is 9.34 Å². The van der Waals surface area contributed by atoms with Crippen LogP contribution in [0.15, 0.2) is 22.6 Å². The van der Waals surface area contributed by atoms with E-state index in [9.17, 15) is 10.1 Å². The highest BCUT2D eigenvalue weighted by Crippen LogP contribution is 2.24. The first-order valence-corrected chi connectivity index (χ1v) is 5.58. The molecule has 18 heavy (non-hydrogen) atoms. The number of benzene rings is 1. The summed E-state index contributed by atoms with van der Waals surface area (Å²) in [6.45, 7) is 1.32. The second-order valence-electron chi connectivity index (χ2n) is 3.97. The van der Waals surface area contributed by atoms with Crippen LogP contribution in [-0.2, 0) is 0 Å². The van der Waals surface area contributed by atoms with Crippen LogP contribution in [-0.4, -0.2) is 30.0 Å². The highest BCUT2D eigenvalue weighted by atomic mass is 16.6. The van der Waals surface area contributed by atoms with E-state index in [1.165, 1.54) is 12.1 Å². The molecule has 1 aromatic carbocycles. The lowest BCUT2D eigenvalue weighted by Crippen LogP contribution is -2.21. The van der Waals surface area contributed by atoms with Gasteiger partial charge in [0.1, 0.15) is 5.52 Å². The summed E-state index contributed by atoms with van der Waals surface area (Å²) < 4.78 is 5.51. The van der Waals surface area contributed by atoms with E-state index in [1.807, 2.05) is 11.9 Å². The van der Waals surface area contributed by atoms with Crippen molar-refractivity contribution in [3.63, 3.8) is 0 Å². The zero-order chi connectivity index (χ0) is 13.1. The Morgan fingerprint density at radius 1 is 1.56 bits per heavy atom. The van der Waals surface area contributed by atoms with Gasteiger partial charge in [-0.25, -0.2) is 0 Å². The first kappa shape index (κ1) is 12.3. The zero-order valence-electron chi connectivity index (χ0n) is 10.00. The molecule has 7 nitrogen and oxygen atoms in total. The van der Waals surface area contributed by atoms with Gasteiger partial charge in [-0.15, -0.1) is 0 Å². The van der Waals surface area contributed by atoms with E-state index < -0.39 is 4.92 Å². The van der Waals surface area contributed by atoms with Crippen LogP contribution >= 0.6 is 0 Å². The predicted octanol–water partition coefficient (Wildman–Crippen LogP) is 1.52. The second-order valence-corrected chi connectivity index (χ2v) is 3.97. The van der Waals surface area contributed by atoms with Gasteiger partial charge < -0.3 is 15.1 Å². The van der Waals surface area contributed by atoms with Crippen molar-refractivity contribution in [2.45, 2.75) is 6.42 Å². The summed E-state index contributed by atoms with van der Waals surface area (Å²) in [7, 11) is 1.84. The van der Waals surface area contributed by atoms with Crippen LogP contribution in [0.25, 0.3) is 11.1 Å². The molecule has 96 valence electrons. The van der Waals surface area contributed by atoms with Crippen molar-refractivity contribution >= 4 is 22.8 Å². The van der Waals surface area contributed by atoms with Crippen LogP contribution < -0.4 is 10.6 Å². The number of nitrogens with two attached hydrogens (primary N) is 1. The van der Waals surface area contributed by atoms with E-state index >= 15 is 0 Å². The minimum absolute atomic E-state index is 0.00645. The van der Waals surface area contributed by atoms with Crippen LogP contribution in [0.1, 0.15) is 6.42 Å². The third kappa shape index (κ3) is 2.40.